The molecular weight excluding hydrogens is 544 g/mol. The van der Waals surface area contributed by atoms with Gasteiger partial charge in [-0.05, 0) is 45.7 Å². The van der Waals surface area contributed by atoms with E-state index in [0.29, 0.717) is 0 Å². The van der Waals surface area contributed by atoms with Crippen LogP contribution in [0.2, 0.25) is 0 Å². The normalized spacial score (nSPS) is 17.9. The molecule has 1 aliphatic rings. The van der Waals surface area contributed by atoms with E-state index in [1.54, 1.807) is 0 Å². The van der Waals surface area contributed by atoms with Gasteiger partial charge in [0.2, 0.25) is 0 Å². The fraction of sp³-hybridized carbons (Fsp3) is 0.294. The Hall–Kier alpha value is -3.28. The summed E-state index contributed by atoms with van der Waals surface area (Å²) in [6, 6.07) is 30.0. The Kier molecular flexibility index (Phi) is 7.49. The van der Waals surface area contributed by atoms with E-state index < -0.39 is 0 Å². The van der Waals surface area contributed by atoms with Crippen LogP contribution in [-0.2, 0) is 10.8 Å². The van der Waals surface area contributed by atoms with Crippen LogP contribution in [0.15, 0.2) is 101 Å². The van der Waals surface area contributed by atoms with Gasteiger partial charge in [-0.2, -0.15) is 0 Å². The Bertz CT molecular complexity index is 1460. The van der Waals surface area contributed by atoms with Crippen molar-refractivity contribution < 1.29 is 0 Å². The summed E-state index contributed by atoms with van der Waals surface area (Å²) in [6.45, 7) is 13.4. The van der Waals surface area contributed by atoms with Crippen molar-refractivity contribution in [3.8, 4) is 11.3 Å². The lowest BCUT2D eigenvalue weighted by molar-refractivity contribution is 0.408. The molecule has 2 atom stereocenters. The fourth-order valence-corrected chi connectivity index (χ4v) is 5.14. The molecular formula is C34H37BrN4. The average molecular weight is 582 g/mol. The first-order valence-electron chi connectivity index (χ1n) is 13.5. The van der Waals surface area contributed by atoms with Gasteiger partial charge in [0.05, 0.1) is 5.69 Å². The molecule has 5 rings (SSSR count). The first-order chi connectivity index (χ1) is 18.5. The van der Waals surface area contributed by atoms with E-state index in [1.807, 2.05) is 18.3 Å². The van der Waals surface area contributed by atoms with Crippen molar-refractivity contribution >= 4 is 21.8 Å². The van der Waals surface area contributed by atoms with E-state index in [0.717, 1.165) is 32.7 Å². The molecule has 0 aliphatic carbocycles. The average Bonchev–Trinajstić information content (AvgIpc) is 2.92. The van der Waals surface area contributed by atoms with E-state index in [4.69, 9.17) is 9.98 Å². The van der Waals surface area contributed by atoms with E-state index in [9.17, 15) is 0 Å². The molecule has 0 spiro atoms. The summed E-state index contributed by atoms with van der Waals surface area (Å²) < 4.78 is 1.04. The van der Waals surface area contributed by atoms with Gasteiger partial charge in [0.1, 0.15) is 18.2 Å². The predicted octanol–water partition coefficient (Wildman–Crippen LogP) is 8.44. The van der Waals surface area contributed by atoms with Crippen LogP contribution in [0, 0.1) is 0 Å². The Morgan fingerprint density at radius 1 is 0.692 bits per heavy atom. The van der Waals surface area contributed by atoms with E-state index in [-0.39, 0.29) is 23.2 Å². The molecule has 2 heterocycles. The summed E-state index contributed by atoms with van der Waals surface area (Å²) in [5.41, 5.74) is 8.11. The molecule has 200 valence electrons. The number of aromatic nitrogens is 1. The van der Waals surface area contributed by atoms with Gasteiger partial charge in [-0.3, -0.25) is 10.3 Å². The Morgan fingerprint density at radius 3 is 1.87 bits per heavy atom. The molecule has 3 aromatic carbocycles. The highest BCUT2D eigenvalue weighted by Gasteiger charge is 2.26. The summed E-state index contributed by atoms with van der Waals surface area (Å²) >= 11 is 3.56. The molecule has 0 saturated carbocycles. The molecule has 39 heavy (non-hydrogen) atoms. The van der Waals surface area contributed by atoms with Crippen molar-refractivity contribution in [1.82, 2.24) is 15.6 Å². The van der Waals surface area contributed by atoms with Gasteiger partial charge in [0, 0.05) is 27.4 Å². The maximum atomic E-state index is 5.11. The quantitative estimate of drug-likeness (QED) is 0.254. The van der Waals surface area contributed by atoms with Crippen molar-refractivity contribution in [2.75, 3.05) is 0 Å². The monoisotopic (exact) mass is 580 g/mol. The van der Waals surface area contributed by atoms with Crippen molar-refractivity contribution in [2.24, 2.45) is 4.99 Å². The maximum Gasteiger partial charge on any atom is 0.131 e. The van der Waals surface area contributed by atoms with Crippen LogP contribution >= 0.6 is 15.9 Å². The molecule has 0 radical (unpaired) electrons. The minimum Gasteiger partial charge on any atom is -0.350 e. The highest BCUT2D eigenvalue weighted by molar-refractivity contribution is 9.10. The van der Waals surface area contributed by atoms with Crippen LogP contribution in [0.1, 0.15) is 81.7 Å². The number of halogens is 1. The molecule has 0 amide bonds. The number of aliphatic imine (C=N–C) groups is 1. The minimum atomic E-state index is -0.236. The lowest BCUT2D eigenvalue weighted by atomic mass is 9.86. The molecule has 4 aromatic rings. The van der Waals surface area contributed by atoms with Crippen LogP contribution < -0.4 is 10.6 Å². The van der Waals surface area contributed by atoms with E-state index in [1.165, 1.54) is 16.7 Å². The van der Waals surface area contributed by atoms with Crippen molar-refractivity contribution in [3.05, 3.63) is 123 Å². The number of nitrogens with one attached hydrogen (secondary N) is 2. The molecule has 2 N–H and O–H groups in total. The SMILES string of the molecule is CC(C)(C)c1ccc(C2=NC(c3ccc(-c4cccc(Br)c4)nc3)NC(c3ccc(C(C)(C)C)cc3)N2)cc1. The van der Waals surface area contributed by atoms with Crippen LogP contribution in [0.4, 0.5) is 0 Å². The number of hydrogen-bond acceptors (Lipinski definition) is 4. The number of pyridine rings is 1. The molecule has 0 bridgehead atoms. The Labute approximate surface area is 241 Å². The largest absolute Gasteiger partial charge is 0.350 e. The van der Waals surface area contributed by atoms with Gasteiger partial charge < -0.3 is 5.32 Å². The third-order valence-electron chi connectivity index (χ3n) is 7.22. The summed E-state index contributed by atoms with van der Waals surface area (Å²) in [5.74, 6) is 0.875. The number of hydrogen-bond donors (Lipinski definition) is 2. The number of rotatable bonds is 4. The maximum absolute atomic E-state index is 5.11. The van der Waals surface area contributed by atoms with Crippen molar-refractivity contribution in [1.29, 1.82) is 0 Å². The molecule has 0 fully saturated rings. The van der Waals surface area contributed by atoms with Crippen molar-refractivity contribution in [2.45, 2.75) is 64.7 Å². The third kappa shape index (κ3) is 6.32. The lowest BCUT2D eigenvalue weighted by Gasteiger charge is -2.32. The second-order valence-electron chi connectivity index (χ2n) is 12.3. The van der Waals surface area contributed by atoms with E-state index >= 15 is 0 Å². The highest BCUT2D eigenvalue weighted by Crippen LogP contribution is 2.29. The molecule has 5 heteroatoms. The van der Waals surface area contributed by atoms with Crippen LogP contribution in [0.3, 0.4) is 0 Å². The molecule has 0 saturated heterocycles. The zero-order valence-electron chi connectivity index (χ0n) is 23.6. The highest BCUT2D eigenvalue weighted by atomic mass is 79.9. The van der Waals surface area contributed by atoms with Crippen LogP contribution in [0.5, 0.6) is 0 Å². The Balaban J connectivity index is 1.48. The van der Waals surface area contributed by atoms with Crippen LogP contribution in [0.25, 0.3) is 11.3 Å². The Morgan fingerprint density at radius 2 is 1.31 bits per heavy atom. The first kappa shape index (κ1) is 27.3. The molecule has 1 aromatic heterocycles. The second-order valence-corrected chi connectivity index (χ2v) is 13.2. The summed E-state index contributed by atoms with van der Waals surface area (Å²) in [6.07, 6.45) is 1.60. The number of nitrogens with zero attached hydrogens (tertiary/aromatic N) is 2. The summed E-state index contributed by atoms with van der Waals surface area (Å²) in [7, 11) is 0. The lowest BCUT2D eigenvalue weighted by Crippen LogP contribution is -2.45. The standard InChI is InChI=1S/C34H37BrN4/c1-33(2,3)26-15-10-22(11-16-26)30-37-31(23-12-17-27(18-13-23)34(4,5)6)39-32(38-30)25-14-19-29(36-21-25)24-8-7-9-28(35)20-24/h7-21,30,32,38H,1-6H3,(H,37,39). The molecule has 1 aliphatic heterocycles. The summed E-state index contributed by atoms with van der Waals surface area (Å²) in [4.78, 5) is 9.90. The number of amidine groups is 1. The summed E-state index contributed by atoms with van der Waals surface area (Å²) in [5, 5.41) is 7.36. The van der Waals surface area contributed by atoms with E-state index in [2.05, 4.69) is 141 Å². The van der Waals surface area contributed by atoms with Crippen molar-refractivity contribution in [3.63, 3.8) is 0 Å². The van der Waals surface area contributed by atoms with Gasteiger partial charge in [0.15, 0.2) is 0 Å². The molecule has 2 unspecified atom stereocenters. The molecule has 4 nitrogen and oxygen atoms in total. The second kappa shape index (κ2) is 10.7. The zero-order valence-corrected chi connectivity index (χ0v) is 25.2. The van der Waals surface area contributed by atoms with Gasteiger partial charge in [-0.15, -0.1) is 0 Å². The zero-order chi connectivity index (χ0) is 27.8. The van der Waals surface area contributed by atoms with Gasteiger partial charge in [-0.1, -0.05) is 124 Å². The van der Waals surface area contributed by atoms with Gasteiger partial charge in [0.25, 0.3) is 0 Å². The smallest absolute Gasteiger partial charge is 0.131 e. The fourth-order valence-electron chi connectivity index (χ4n) is 4.74. The predicted molar refractivity (Wildman–Crippen MR) is 166 cm³/mol. The first-order valence-corrected chi connectivity index (χ1v) is 14.3. The van der Waals surface area contributed by atoms with Gasteiger partial charge in [-0.25, -0.2) is 4.99 Å². The van der Waals surface area contributed by atoms with Gasteiger partial charge >= 0.3 is 0 Å². The topological polar surface area (TPSA) is 49.3 Å². The van der Waals surface area contributed by atoms with Crippen LogP contribution in [-0.4, -0.2) is 10.8 Å². The third-order valence-corrected chi connectivity index (χ3v) is 7.71. The minimum absolute atomic E-state index is 0.0939. The number of benzene rings is 3.